The number of rotatable bonds is 2. The van der Waals surface area contributed by atoms with Crippen LogP contribution in [0.3, 0.4) is 0 Å². The van der Waals surface area contributed by atoms with Gasteiger partial charge in [-0.1, -0.05) is 121 Å². The van der Waals surface area contributed by atoms with Crippen molar-refractivity contribution in [2.24, 2.45) is 0 Å². The maximum absolute atomic E-state index is 8.97. The number of aromatic nitrogens is 3. The molecule has 10 aromatic rings. The molecule has 0 atom stereocenters. The number of hydrogen-bond donors (Lipinski definition) is 0. The first kappa shape index (κ1) is 19.6. The van der Waals surface area contributed by atoms with Crippen LogP contribution in [-0.4, -0.2) is 14.5 Å². The quantitative estimate of drug-likeness (QED) is 0.203. The van der Waals surface area contributed by atoms with Gasteiger partial charge in [0.25, 0.3) is 0 Å². The number of benzene rings is 7. The summed E-state index contributed by atoms with van der Waals surface area (Å²) in [7, 11) is 0. The molecule has 3 nitrogen and oxygen atoms in total. The molecule has 0 unspecified atom stereocenters. The van der Waals surface area contributed by atoms with Gasteiger partial charge in [-0.25, -0.2) is 9.97 Å². The zero-order chi connectivity index (χ0) is 33.1. The SMILES string of the molecule is [2H]c1c([2H])c([2H])c(-c2nc3ccccc3nc2-n2c3ccccc3c3c4ccccc4c4c5ccc6ccccc6c5sc4c32)c([2H])c1[2H]. The van der Waals surface area contributed by atoms with E-state index in [1.54, 1.807) is 11.3 Å². The summed E-state index contributed by atoms with van der Waals surface area (Å²) in [6, 6.07) is 35.1. The minimum absolute atomic E-state index is 0.0181. The Morgan fingerprint density at radius 3 is 2.02 bits per heavy atom. The number of thiophene rings is 1. The maximum Gasteiger partial charge on any atom is 0.165 e. The number of nitrogens with zero attached hydrogens (tertiary/aromatic N) is 3. The Morgan fingerprint density at radius 1 is 0.545 bits per heavy atom. The first-order valence-corrected chi connectivity index (χ1v) is 15.3. The summed E-state index contributed by atoms with van der Waals surface area (Å²) in [5, 5.41) is 9.03. The van der Waals surface area contributed by atoms with E-state index in [1.807, 2.05) is 36.4 Å². The molecule has 0 N–H and O–H groups in total. The molecule has 0 aliphatic rings. The van der Waals surface area contributed by atoms with E-state index in [2.05, 4.69) is 77.4 Å². The molecule has 3 heterocycles. The van der Waals surface area contributed by atoms with Crippen molar-refractivity contribution in [1.29, 1.82) is 0 Å². The second-order valence-corrected chi connectivity index (χ2v) is 12.0. The Balaban J connectivity index is 1.49. The standard InChI is InChI=1S/C40H23N3S/c1-2-13-25(14-3-1)36-40(42-32-20-10-9-19-31(32)41-36)43-33-21-11-8-18-29(33)34-27-16-6-7-17-28(27)35-30-23-22-24-12-4-5-15-26(24)38(30)44-39(35)37(34)43/h1-23H/i1D,2D,3D,13D,14D. The van der Waals surface area contributed by atoms with E-state index in [1.165, 1.54) is 20.9 Å². The average molecular weight is 583 g/mol. The lowest BCUT2D eigenvalue weighted by atomic mass is 9.98. The van der Waals surface area contributed by atoms with Crippen LogP contribution in [0, 0.1) is 0 Å². The third kappa shape index (κ3) is 3.20. The van der Waals surface area contributed by atoms with Crippen LogP contribution in [0.5, 0.6) is 0 Å². The Bertz CT molecular complexity index is 3040. The Labute approximate surface area is 263 Å². The first-order chi connectivity index (χ1) is 23.9. The van der Waals surface area contributed by atoms with Crippen molar-refractivity contribution in [2.45, 2.75) is 0 Å². The zero-order valence-corrected chi connectivity index (χ0v) is 24.0. The fraction of sp³-hybridized carbons (Fsp3) is 0. The molecule has 0 radical (unpaired) electrons. The van der Waals surface area contributed by atoms with Crippen LogP contribution in [0.15, 0.2) is 139 Å². The third-order valence-corrected chi connectivity index (χ3v) is 9.88. The smallest absolute Gasteiger partial charge is 0.165 e. The van der Waals surface area contributed by atoms with E-state index < -0.39 is 18.1 Å². The van der Waals surface area contributed by atoms with Gasteiger partial charge in [-0.15, -0.1) is 11.3 Å². The second-order valence-electron chi connectivity index (χ2n) is 11.0. The van der Waals surface area contributed by atoms with Crippen molar-refractivity contribution >= 4 is 85.9 Å². The molecule has 0 aliphatic heterocycles. The van der Waals surface area contributed by atoms with Gasteiger partial charge >= 0.3 is 0 Å². The van der Waals surface area contributed by atoms with Gasteiger partial charge in [-0.2, -0.15) is 0 Å². The number of fused-ring (bicyclic) bond motifs is 13. The number of hydrogen-bond acceptors (Lipinski definition) is 3. The zero-order valence-electron chi connectivity index (χ0n) is 28.1. The van der Waals surface area contributed by atoms with Gasteiger partial charge in [0.1, 0.15) is 5.69 Å². The highest BCUT2D eigenvalue weighted by Crippen LogP contribution is 2.49. The van der Waals surface area contributed by atoms with E-state index in [0.29, 0.717) is 16.9 Å². The van der Waals surface area contributed by atoms with Crippen LogP contribution >= 0.6 is 11.3 Å². The highest BCUT2D eigenvalue weighted by atomic mass is 32.1. The van der Waals surface area contributed by atoms with E-state index >= 15 is 0 Å². The third-order valence-electron chi connectivity index (χ3n) is 8.64. The summed E-state index contributed by atoms with van der Waals surface area (Å²) in [6.45, 7) is 0. The lowest BCUT2D eigenvalue weighted by Gasteiger charge is -2.14. The molecule has 3 aromatic heterocycles. The normalized spacial score (nSPS) is 13.7. The molecule has 7 aromatic carbocycles. The molecule has 0 fully saturated rings. The van der Waals surface area contributed by atoms with Gasteiger partial charge < -0.3 is 0 Å². The molecule has 0 saturated heterocycles. The maximum atomic E-state index is 8.97. The van der Waals surface area contributed by atoms with Crippen molar-refractivity contribution in [1.82, 2.24) is 14.5 Å². The van der Waals surface area contributed by atoms with Crippen molar-refractivity contribution in [3.63, 3.8) is 0 Å². The van der Waals surface area contributed by atoms with E-state index in [9.17, 15) is 0 Å². The minimum Gasteiger partial charge on any atom is -0.290 e. The lowest BCUT2D eigenvalue weighted by molar-refractivity contribution is 1.08. The molecule has 0 bridgehead atoms. The van der Waals surface area contributed by atoms with Crippen LogP contribution in [-0.2, 0) is 0 Å². The van der Waals surface area contributed by atoms with Crippen LogP contribution in [0.1, 0.15) is 6.85 Å². The molecule has 4 heteroatoms. The molecule has 44 heavy (non-hydrogen) atoms. The second kappa shape index (κ2) is 8.96. The summed E-state index contributed by atoms with van der Waals surface area (Å²) < 4.78 is 47.6. The van der Waals surface area contributed by atoms with E-state index in [-0.39, 0.29) is 23.3 Å². The summed E-state index contributed by atoms with van der Waals surface area (Å²) in [5.41, 5.74) is 3.28. The predicted octanol–water partition coefficient (Wildman–Crippen LogP) is 11.1. The van der Waals surface area contributed by atoms with Gasteiger partial charge in [0.15, 0.2) is 5.82 Å². The highest BCUT2D eigenvalue weighted by Gasteiger charge is 2.24. The molecule has 10 rings (SSSR count). The predicted molar refractivity (Wildman–Crippen MR) is 187 cm³/mol. The average Bonchev–Trinajstić information content (AvgIpc) is 3.70. The monoisotopic (exact) mass is 582 g/mol. The van der Waals surface area contributed by atoms with Gasteiger partial charge in [-0.3, -0.25) is 4.57 Å². The van der Waals surface area contributed by atoms with Gasteiger partial charge in [0.05, 0.1) is 33.6 Å². The fourth-order valence-corrected chi connectivity index (χ4v) is 8.20. The van der Waals surface area contributed by atoms with Crippen molar-refractivity contribution in [3.8, 4) is 17.1 Å². The first-order valence-electron chi connectivity index (χ1n) is 16.9. The highest BCUT2D eigenvalue weighted by molar-refractivity contribution is 7.27. The Hall–Kier alpha value is -5.58. The summed E-state index contributed by atoms with van der Waals surface area (Å²) in [5.74, 6) is 0.405. The fourth-order valence-electron chi connectivity index (χ4n) is 6.81. The summed E-state index contributed by atoms with van der Waals surface area (Å²) >= 11 is 1.75. The number of para-hydroxylation sites is 3. The minimum atomic E-state index is -0.448. The molecular formula is C40H23N3S. The van der Waals surface area contributed by atoms with Gasteiger partial charge in [0, 0.05) is 31.8 Å². The Kier molecular flexibility index (Phi) is 3.99. The molecule has 0 amide bonds. The molecular weight excluding hydrogens is 555 g/mol. The van der Waals surface area contributed by atoms with Crippen LogP contribution in [0.2, 0.25) is 0 Å². The van der Waals surface area contributed by atoms with E-state index in [0.717, 1.165) is 42.7 Å². The van der Waals surface area contributed by atoms with Crippen molar-refractivity contribution in [2.75, 3.05) is 0 Å². The van der Waals surface area contributed by atoms with Crippen molar-refractivity contribution < 1.29 is 6.85 Å². The topological polar surface area (TPSA) is 30.7 Å². The Morgan fingerprint density at radius 2 is 1.20 bits per heavy atom. The van der Waals surface area contributed by atoms with Crippen LogP contribution in [0.25, 0.3) is 91.6 Å². The lowest BCUT2D eigenvalue weighted by Crippen LogP contribution is -2.03. The molecule has 0 aliphatic carbocycles. The van der Waals surface area contributed by atoms with E-state index in [4.69, 9.17) is 16.8 Å². The largest absolute Gasteiger partial charge is 0.290 e. The molecule has 204 valence electrons. The summed E-state index contributed by atoms with van der Waals surface area (Å²) in [4.78, 5) is 10.2. The molecule has 0 spiro atoms. The van der Waals surface area contributed by atoms with Gasteiger partial charge in [-0.05, 0) is 39.7 Å². The molecule has 0 saturated carbocycles. The van der Waals surface area contributed by atoms with Crippen LogP contribution < -0.4 is 0 Å². The van der Waals surface area contributed by atoms with Gasteiger partial charge in [0.2, 0.25) is 0 Å². The van der Waals surface area contributed by atoms with Crippen LogP contribution in [0.4, 0.5) is 0 Å². The summed E-state index contributed by atoms with van der Waals surface area (Å²) in [6.07, 6.45) is 0. The van der Waals surface area contributed by atoms with Crippen molar-refractivity contribution in [3.05, 3.63) is 139 Å².